The van der Waals surface area contributed by atoms with Gasteiger partial charge in [0.1, 0.15) is 5.82 Å². The second kappa shape index (κ2) is 4.02. The zero-order valence-corrected chi connectivity index (χ0v) is 9.78. The molecule has 1 aliphatic rings. The summed E-state index contributed by atoms with van der Waals surface area (Å²) in [4.78, 5) is 0. The molecule has 2 heteroatoms. The highest BCUT2D eigenvalue weighted by Crippen LogP contribution is 2.58. The first kappa shape index (κ1) is 11.3. The Morgan fingerprint density at radius 1 is 1.31 bits per heavy atom. The van der Waals surface area contributed by atoms with Crippen LogP contribution in [-0.2, 0) is 0 Å². The topological polar surface area (TPSA) is 26.0 Å². The number of nitrogens with two attached hydrogens (primary N) is 1. The first-order valence-electron chi connectivity index (χ1n) is 5.69. The molecular weight excluding hydrogens is 201 g/mol. The normalized spacial score (nSPS) is 27.2. The van der Waals surface area contributed by atoms with Crippen LogP contribution in [0.25, 0.3) is 6.08 Å². The van der Waals surface area contributed by atoms with Crippen LogP contribution in [0.3, 0.4) is 0 Å². The predicted molar refractivity (Wildman–Crippen MR) is 65.2 cm³/mol. The average Bonchev–Trinajstić information content (AvgIpc) is 2.79. The lowest BCUT2D eigenvalue weighted by Crippen LogP contribution is -2.05. The molecule has 1 aromatic rings. The zero-order chi connectivity index (χ0) is 11.8. The van der Waals surface area contributed by atoms with Gasteiger partial charge in [-0.3, -0.25) is 0 Å². The van der Waals surface area contributed by atoms with Crippen molar-refractivity contribution in [2.45, 2.75) is 13.8 Å². The molecular formula is C14H18FN. The van der Waals surface area contributed by atoms with Gasteiger partial charge in [-0.1, -0.05) is 38.1 Å². The molecule has 0 spiro atoms. The Labute approximate surface area is 96.2 Å². The maximum absolute atomic E-state index is 12.7. The lowest BCUT2D eigenvalue weighted by Gasteiger charge is -1.97. The third kappa shape index (κ3) is 2.03. The van der Waals surface area contributed by atoms with Gasteiger partial charge in [0.05, 0.1) is 0 Å². The van der Waals surface area contributed by atoms with Crippen LogP contribution in [0.15, 0.2) is 30.3 Å². The Balaban J connectivity index is 2.03. The van der Waals surface area contributed by atoms with E-state index in [1.54, 1.807) is 12.1 Å². The van der Waals surface area contributed by atoms with E-state index >= 15 is 0 Å². The summed E-state index contributed by atoms with van der Waals surface area (Å²) in [6.45, 7) is 5.22. The number of hydrogen-bond donors (Lipinski definition) is 1. The van der Waals surface area contributed by atoms with Gasteiger partial charge in [-0.2, -0.15) is 0 Å². The summed E-state index contributed by atoms with van der Waals surface area (Å²) in [6.07, 6.45) is 4.26. The number of halogens is 1. The number of hydrogen-bond acceptors (Lipinski definition) is 1. The summed E-state index contributed by atoms with van der Waals surface area (Å²) in [6, 6.07) is 6.55. The van der Waals surface area contributed by atoms with Crippen LogP contribution < -0.4 is 5.73 Å². The van der Waals surface area contributed by atoms with Crippen molar-refractivity contribution in [1.29, 1.82) is 0 Å². The number of benzene rings is 1. The summed E-state index contributed by atoms with van der Waals surface area (Å²) < 4.78 is 12.7. The Bertz CT molecular complexity index is 392. The molecule has 16 heavy (non-hydrogen) atoms. The molecule has 0 radical (unpaired) electrons. The van der Waals surface area contributed by atoms with Gasteiger partial charge in [0.25, 0.3) is 0 Å². The average molecular weight is 219 g/mol. The van der Waals surface area contributed by atoms with Crippen molar-refractivity contribution in [2.75, 3.05) is 6.54 Å². The van der Waals surface area contributed by atoms with Gasteiger partial charge in [0.15, 0.2) is 0 Å². The fourth-order valence-electron chi connectivity index (χ4n) is 2.41. The van der Waals surface area contributed by atoms with Crippen molar-refractivity contribution < 1.29 is 4.39 Å². The van der Waals surface area contributed by atoms with Crippen LogP contribution in [0, 0.1) is 23.1 Å². The van der Waals surface area contributed by atoms with Crippen molar-refractivity contribution in [1.82, 2.24) is 0 Å². The minimum Gasteiger partial charge on any atom is -0.330 e. The van der Waals surface area contributed by atoms with Gasteiger partial charge in [0, 0.05) is 0 Å². The first-order chi connectivity index (χ1) is 7.55. The SMILES string of the molecule is CC1(C)[C@@H](/C=C/c2ccc(F)cc2)[C@@H]1CN. The molecule has 86 valence electrons. The van der Waals surface area contributed by atoms with Crippen LogP contribution in [0.2, 0.25) is 0 Å². The van der Waals surface area contributed by atoms with Gasteiger partial charge in [-0.15, -0.1) is 0 Å². The van der Waals surface area contributed by atoms with E-state index in [4.69, 9.17) is 5.73 Å². The lowest BCUT2D eigenvalue weighted by molar-refractivity contribution is 0.555. The summed E-state index contributed by atoms with van der Waals surface area (Å²) in [5.41, 5.74) is 7.07. The van der Waals surface area contributed by atoms with E-state index < -0.39 is 0 Å². The molecule has 0 aliphatic heterocycles. The highest BCUT2D eigenvalue weighted by atomic mass is 19.1. The molecule has 0 unspecified atom stereocenters. The molecule has 0 saturated heterocycles. The maximum atomic E-state index is 12.7. The second-order valence-electron chi connectivity index (χ2n) is 5.10. The Kier molecular flexibility index (Phi) is 2.85. The van der Waals surface area contributed by atoms with Crippen LogP contribution in [0.1, 0.15) is 19.4 Å². The quantitative estimate of drug-likeness (QED) is 0.830. The van der Waals surface area contributed by atoms with Crippen molar-refractivity contribution in [3.63, 3.8) is 0 Å². The van der Waals surface area contributed by atoms with Crippen LogP contribution in [-0.4, -0.2) is 6.54 Å². The highest BCUT2D eigenvalue weighted by molar-refractivity contribution is 5.50. The molecule has 1 aliphatic carbocycles. The van der Waals surface area contributed by atoms with E-state index in [1.165, 1.54) is 12.1 Å². The van der Waals surface area contributed by atoms with E-state index in [9.17, 15) is 4.39 Å². The minimum atomic E-state index is -0.191. The zero-order valence-electron chi connectivity index (χ0n) is 9.78. The van der Waals surface area contributed by atoms with E-state index in [2.05, 4.69) is 26.0 Å². The summed E-state index contributed by atoms with van der Waals surface area (Å²) in [7, 11) is 0. The van der Waals surface area contributed by atoms with E-state index in [0.717, 1.165) is 12.1 Å². The predicted octanol–water partition coefficient (Wildman–Crippen LogP) is 3.07. The molecule has 1 aromatic carbocycles. The van der Waals surface area contributed by atoms with Crippen molar-refractivity contribution in [3.8, 4) is 0 Å². The first-order valence-corrected chi connectivity index (χ1v) is 5.69. The number of allylic oxidation sites excluding steroid dienone is 1. The summed E-state index contributed by atoms with van der Waals surface area (Å²) in [5.74, 6) is 0.954. The van der Waals surface area contributed by atoms with Gasteiger partial charge < -0.3 is 5.73 Å². The van der Waals surface area contributed by atoms with Crippen LogP contribution >= 0.6 is 0 Å². The van der Waals surface area contributed by atoms with Gasteiger partial charge in [-0.25, -0.2) is 4.39 Å². The lowest BCUT2D eigenvalue weighted by atomic mass is 10.1. The molecule has 0 heterocycles. The largest absolute Gasteiger partial charge is 0.330 e. The summed E-state index contributed by atoms with van der Waals surface area (Å²) in [5, 5.41) is 0. The van der Waals surface area contributed by atoms with Gasteiger partial charge in [0.2, 0.25) is 0 Å². The molecule has 0 aromatic heterocycles. The molecule has 2 atom stereocenters. The van der Waals surface area contributed by atoms with Crippen molar-refractivity contribution in [3.05, 3.63) is 41.7 Å². The Morgan fingerprint density at radius 2 is 1.94 bits per heavy atom. The second-order valence-corrected chi connectivity index (χ2v) is 5.10. The molecule has 0 amide bonds. The molecule has 2 N–H and O–H groups in total. The summed E-state index contributed by atoms with van der Waals surface area (Å²) >= 11 is 0. The molecule has 1 saturated carbocycles. The van der Waals surface area contributed by atoms with Crippen LogP contribution in [0.4, 0.5) is 4.39 Å². The van der Waals surface area contributed by atoms with Gasteiger partial charge >= 0.3 is 0 Å². The van der Waals surface area contributed by atoms with Crippen molar-refractivity contribution >= 4 is 6.08 Å². The standard InChI is InChI=1S/C14H18FN/c1-14(2)12(13(14)9-16)8-5-10-3-6-11(15)7-4-10/h3-8,12-13H,9,16H2,1-2H3/b8-5+/t12-,13-/m0/s1. The third-order valence-corrected chi connectivity index (χ3v) is 3.76. The van der Waals surface area contributed by atoms with E-state index in [-0.39, 0.29) is 5.82 Å². The van der Waals surface area contributed by atoms with E-state index in [0.29, 0.717) is 17.3 Å². The molecule has 1 nitrogen and oxygen atoms in total. The monoisotopic (exact) mass is 219 g/mol. The Morgan fingerprint density at radius 3 is 2.44 bits per heavy atom. The molecule has 2 rings (SSSR count). The smallest absolute Gasteiger partial charge is 0.123 e. The Hall–Kier alpha value is -1.15. The third-order valence-electron chi connectivity index (χ3n) is 3.76. The fourth-order valence-corrected chi connectivity index (χ4v) is 2.41. The minimum absolute atomic E-state index is 0.191. The number of rotatable bonds is 3. The van der Waals surface area contributed by atoms with Crippen molar-refractivity contribution in [2.24, 2.45) is 23.0 Å². The van der Waals surface area contributed by atoms with Gasteiger partial charge in [-0.05, 0) is 41.5 Å². The highest BCUT2D eigenvalue weighted by Gasteiger charge is 2.54. The maximum Gasteiger partial charge on any atom is 0.123 e. The molecule has 0 bridgehead atoms. The van der Waals surface area contributed by atoms with Crippen LogP contribution in [0.5, 0.6) is 0 Å². The fraction of sp³-hybridized carbons (Fsp3) is 0.429. The molecule has 1 fully saturated rings. The van der Waals surface area contributed by atoms with E-state index in [1.807, 2.05) is 0 Å².